The number of rotatable bonds is 0. The highest BCUT2D eigenvalue weighted by Gasteiger charge is 1.98. The van der Waals surface area contributed by atoms with Crippen LogP contribution in [0.15, 0.2) is 11.5 Å². The first-order valence-corrected chi connectivity index (χ1v) is 4.31. The van der Waals surface area contributed by atoms with Gasteiger partial charge in [0.2, 0.25) is 0 Å². The van der Waals surface area contributed by atoms with Crippen molar-refractivity contribution >= 4 is 20.6 Å². The molecule has 1 nitrogen and oxygen atoms in total. The highest BCUT2D eigenvalue weighted by molar-refractivity contribution is 8.70. The predicted molar refractivity (Wildman–Crippen MR) is 29.7 cm³/mol. The summed E-state index contributed by atoms with van der Waals surface area (Å²) in [7, 11) is 0.772. The van der Waals surface area contributed by atoms with E-state index >= 15 is 0 Å². The van der Waals surface area contributed by atoms with Crippen molar-refractivity contribution in [3.63, 3.8) is 0 Å². The van der Waals surface area contributed by atoms with Crippen LogP contribution in [0.1, 0.15) is 0 Å². The summed E-state index contributed by atoms with van der Waals surface area (Å²) in [5, 5.41) is 1.87. The minimum atomic E-state index is -0.617. The maximum absolute atomic E-state index is 10.3. The molecule has 0 saturated heterocycles. The molecule has 1 aliphatic rings. The molecule has 1 rings (SSSR count). The first kappa shape index (κ1) is 4.40. The molecule has 1 atom stereocenters. The van der Waals surface area contributed by atoms with E-state index in [2.05, 4.69) is 0 Å². The van der Waals surface area contributed by atoms with Gasteiger partial charge in [0, 0.05) is 0 Å². The predicted octanol–water partition coefficient (Wildman–Crippen LogP) is 0.911. The van der Waals surface area contributed by atoms with Crippen LogP contribution in [0.2, 0.25) is 0 Å². The molecule has 0 spiro atoms. The van der Waals surface area contributed by atoms with E-state index in [9.17, 15) is 4.21 Å². The smallest absolute Gasteiger partial charge is 0.0885 e. The quantitative estimate of drug-likeness (QED) is 0.442. The van der Waals surface area contributed by atoms with Crippen molar-refractivity contribution < 1.29 is 4.21 Å². The van der Waals surface area contributed by atoms with E-state index in [4.69, 9.17) is 0 Å². The average Bonchev–Trinajstić information content (AvgIpc) is 1.86. The SMILES string of the molecule is O=S1CC=CS1. The van der Waals surface area contributed by atoms with E-state index in [1.807, 2.05) is 11.5 Å². The van der Waals surface area contributed by atoms with Crippen LogP contribution in [0.25, 0.3) is 0 Å². The van der Waals surface area contributed by atoms with Gasteiger partial charge in [0.1, 0.15) is 0 Å². The summed E-state index contributed by atoms with van der Waals surface area (Å²) in [4.78, 5) is 0. The molecule has 0 radical (unpaired) electrons. The first-order chi connectivity index (χ1) is 2.89. The molecular formula is C3H4OS2. The van der Waals surface area contributed by atoms with E-state index in [1.165, 1.54) is 10.8 Å². The Morgan fingerprint density at radius 1 is 1.83 bits per heavy atom. The lowest BCUT2D eigenvalue weighted by molar-refractivity contribution is 0.693. The highest BCUT2D eigenvalue weighted by atomic mass is 33.1. The van der Waals surface area contributed by atoms with Gasteiger partial charge in [-0.15, -0.1) is 0 Å². The van der Waals surface area contributed by atoms with Crippen LogP contribution < -0.4 is 0 Å². The van der Waals surface area contributed by atoms with Gasteiger partial charge in [0.05, 0.1) is 15.6 Å². The Labute approximate surface area is 42.7 Å². The Kier molecular flexibility index (Phi) is 1.32. The Balaban J connectivity index is 2.52. The van der Waals surface area contributed by atoms with E-state index in [1.54, 1.807) is 0 Å². The van der Waals surface area contributed by atoms with E-state index in [-0.39, 0.29) is 0 Å². The fourth-order valence-corrected chi connectivity index (χ4v) is 2.09. The second kappa shape index (κ2) is 1.80. The summed E-state index contributed by atoms with van der Waals surface area (Å²) in [6.45, 7) is 0. The molecule has 1 unspecified atom stereocenters. The van der Waals surface area contributed by atoms with E-state index in [0.29, 0.717) is 0 Å². The Morgan fingerprint density at radius 3 is 2.83 bits per heavy atom. The molecule has 6 heavy (non-hydrogen) atoms. The topological polar surface area (TPSA) is 17.1 Å². The summed E-state index contributed by atoms with van der Waals surface area (Å²) in [6, 6.07) is 0. The van der Waals surface area contributed by atoms with Crippen molar-refractivity contribution in [2.24, 2.45) is 0 Å². The van der Waals surface area contributed by atoms with Gasteiger partial charge in [0.25, 0.3) is 0 Å². The molecule has 0 fully saturated rings. The third kappa shape index (κ3) is 0.849. The summed E-state index contributed by atoms with van der Waals surface area (Å²) in [6.07, 6.45) is 1.92. The van der Waals surface area contributed by atoms with Crippen molar-refractivity contribution in [2.75, 3.05) is 5.75 Å². The van der Waals surface area contributed by atoms with Crippen LogP contribution in [0.5, 0.6) is 0 Å². The van der Waals surface area contributed by atoms with Crippen LogP contribution in [0, 0.1) is 0 Å². The Morgan fingerprint density at radius 2 is 2.67 bits per heavy atom. The van der Waals surface area contributed by atoms with Crippen molar-refractivity contribution in [2.45, 2.75) is 0 Å². The first-order valence-electron chi connectivity index (χ1n) is 1.60. The molecular weight excluding hydrogens is 116 g/mol. The van der Waals surface area contributed by atoms with Crippen molar-refractivity contribution in [1.82, 2.24) is 0 Å². The molecule has 0 aromatic carbocycles. The second-order valence-electron chi connectivity index (χ2n) is 0.938. The molecule has 0 aliphatic carbocycles. The lowest BCUT2D eigenvalue weighted by atomic mass is 10.8. The summed E-state index contributed by atoms with van der Waals surface area (Å²) >= 11 is 0. The maximum atomic E-state index is 10.3. The highest BCUT2D eigenvalue weighted by Crippen LogP contribution is 2.15. The summed E-state index contributed by atoms with van der Waals surface area (Å²) in [5.74, 6) is 0.741. The van der Waals surface area contributed by atoms with E-state index < -0.39 is 9.83 Å². The zero-order valence-corrected chi connectivity index (χ0v) is 4.72. The molecule has 34 valence electrons. The molecule has 0 saturated carbocycles. The Hall–Kier alpha value is 0.240. The van der Waals surface area contributed by atoms with Gasteiger partial charge in [-0.3, -0.25) is 0 Å². The molecule has 0 N–H and O–H groups in total. The van der Waals surface area contributed by atoms with Gasteiger partial charge in [-0.05, 0) is 16.2 Å². The third-order valence-corrected chi connectivity index (χ3v) is 2.86. The van der Waals surface area contributed by atoms with E-state index in [0.717, 1.165) is 5.75 Å². The Bertz CT molecular complexity index is 87.0. The fourth-order valence-electron chi connectivity index (χ4n) is 0.258. The van der Waals surface area contributed by atoms with Crippen LogP contribution in [-0.2, 0) is 9.83 Å². The van der Waals surface area contributed by atoms with Gasteiger partial charge < -0.3 is 0 Å². The summed E-state index contributed by atoms with van der Waals surface area (Å²) in [5.41, 5.74) is 0. The average molecular weight is 120 g/mol. The molecule has 0 amide bonds. The molecule has 1 aliphatic heterocycles. The second-order valence-corrected chi connectivity index (χ2v) is 4.04. The zero-order valence-electron chi connectivity index (χ0n) is 3.09. The van der Waals surface area contributed by atoms with Gasteiger partial charge in [0.15, 0.2) is 0 Å². The summed E-state index contributed by atoms with van der Waals surface area (Å²) < 4.78 is 10.3. The van der Waals surface area contributed by atoms with Crippen molar-refractivity contribution in [3.8, 4) is 0 Å². The maximum Gasteiger partial charge on any atom is 0.0885 e. The van der Waals surface area contributed by atoms with Crippen LogP contribution in [0.3, 0.4) is 0 Å². The van der Waals surface area contributed by atoms with Crippen molar-refractivity contribution in [3.05, 3.63) is 11.5 Å². The molecule has 3 heteroatoms. The molecule has 0 bridgehead atoms. The minimum Gasteiger partial charge on any atom is -0.247 e. The van der Waals surface area contributed by atoms with Crippen LogP contribution >= 0.6 is 10.8 Å². The van der Waals surface area contributed by atoms with Crippen LogP contribution in [0.4, 0.5) is 0 Å². The number of hydrogen-bond acceptors (Lipinski definition) is 2. The van der Waals surface area contributed by atoms with Gasteiger partial charge >= 0.3 is 0 Å². The normalized spacial score (nSPS) is 31.7. The monoisotopic (exact) mass is 120 g/mol. The molecule has 0 aromatic heterocycles. The third-order valence-electron chi connectivity index (χ3n) is 0.491. The van der Waals surface area contributed by atoms with Gasteiger partial charge in [-0.1, -0.05) is 6.08 Å². The number of hydrogen-bond donors (Lipinski definition) is 0. The minimum absolute atomic E-state index is 0.617. The standard InChI is InChI=1S/C3H4OS2/c4-6-3-1-2-5-6/h1-2H,3H2. The molecule has 0 aromatic rings. The van der Waals surface area contributed by atoms with Gasteiger partial charge in [-0.25, -0.2) is 4.21 Å². The fraction of sp³-hybridized carbons (Fsp3) is 0.333. The van der Waals surface area contributed by atoms with Crippen LogP contribution in [-0.4, -0.2) is 9.96 Å². The zero-order chi connectivity index (χ0) is 4.41. The van der Waals surface area contributed by atoms with Gasteiger partial charge in [-0.2, -0.15) is 0 Å². The van der Waals surface area contributed by atoms with Crippen molar-refractivity contribution in [1.29, 1.82) is 0 Å². The lowest BCUT2D eigenvalue weighted by Gasteiger charge is -1.74. The largest absolute Gasteiger partial charge is 0.247 e. The lowest BCUT2D eigenvalue weighted by Crippen LogP contribution is -1.75. The molecule has 1 heterocycles.